The van der Waals surface area contributed by atoms with Crippen LogP contribution in [0.15, 0.2) is 24.5 Å². The molecule has 0 radical (unpaired) electrons. The van der Waals surface area contributed by atoms with Gasteiger partial charge in [0.05, 0.1) is 0 Å². The maximum atomic E-state index is 5.67. The molecule has 4 heterocycles. The molecule has 2 aliphatic heterocycles. The van der Waals surface area contributed by atoms with Gasteiger partial charge in [-0.1, -0.05) is 0 Å². The molecule has 0 aliphatic carbocycles. The molecule has 0 atom stereocenters. The van der Waals surface area contributed by atoms with E-state index >= 15 is 0 Å². The Hall–Kier alpha value is -2.50. The first-order valence-corrected chi connectivity index (χ1v) is 6.42. The van der Waals surface area contributed by atoms with Crippen LogP contribution in [0.5, 0.6) is 23.1 Å². The Morgan fingerprint density at radius 1 is 0.850 bits per heavy atom. The topological polar surface area (TPSA) is 62.7 Å². The Morgan fingerprint density at radius 3 is 2.60 bits per heavy atom. The van der Waals surface area contributed by atoms with E-state index in [9.17, 15) is 0 Å². The van der Waals surface area contributed by atoms with Gasteiger partial charge in [0.25, 0.3) is 5.88 Å². The highest BCUT2D eigenvalue weighted by molar-refractivity contribution is 5.71. The molecule has 20 heavy (non-hydrogen) atoms. The molecule has 0 saturated heterocycles. The smallest absolute Gasteiger partial charge is 0.257 e. The second-order valence-corrected chi connectivity index (χ2v) is 4.41. The summed E-state index contributed by atoms with van der Waals surface area (Å²) >= 11 is 0. The standard InChI is InChI=1S/C14H12N2O4/c1-2-15-12(13-10(1)17-3-5-19-13)9-7-11-14(16-8-9)20-6-4-18-11/h1-2,7-8H,3-6H2. The quantitative estimate of drug-likeness (QED) is 0.787. The van der Waals surface area contributed by atoms with Crippen molar-refractivity contribution in [2.24, 2.45) is 0 Å². The highest BCUT2D eigenvalue weighted by Gasteiger charge is 2.21. The fraction of sp³-hybridized carbons (Fsp3) is 0.286. The Kier molecular flexibility index (Phi) is 2.58. The van der Waals surface area contributed by atoms with Gasteiger partial charge in [0.15, 0.2) is 17.2 Å². The monoisotopic (exact) mass is 272 g/mol. The van der Waals surface area contributed by atoms with Gasteiger partial charge in [-0.15, -0.1) is 0 Å². The molecule has 6 nitrogen and oxygen atoms in total. The van der Waals surface area contributed by atoms with Gasteiger partial charge < -0.3 is 18.9 Å². The maximum Gasteiger partial charge on any atom is 0.257 e. The van der Waals surface area contributed by atoms with E-state index in [1.165, 1.54) is 0 Å². The Balaban J connectivity index is 1.81. The lowest BCUT2D eigenvalue weighted by atomic mass is 10.1. The van der Waals surface area contributed by atoms with Crippen LogP contribution in [0.4, 0.5) is 0 Å². The third-order valence-corrected chi connectivity index (χ3v) is 3.13. The lowest BCUT2D eigenvalue weighted by Gasteiger charge is -2.21. The number of aromatic nitrogens is 2. The number of hydrogen-bond acceptors (Lipinski definition) is 6. The van der Waals surface area contributed by atoms with Crippen molar-refractivity contribution in [1.82, 2.24) is 9.97 Å². The summed E-state index contributed by atoms with van der Waals surface area (Å²) in [5.41, 5.74) is 1.52. The number of ether oxygens (including phenoxy) is 4. The molecule has 2 aliphatic rings. The van der Waals surface area contributed by atoms with E-state index < -0.39 is 0 Å². The van der Waals surface area contributed by atoms with Crippen molar-refractivity contribution in [3.05, 3.63) is 24.5 Å². The zero-order valence-electron chi connectivity index (χ0n) is 10.7. The van der Waals surface area contributed by atoms with E-state index in [2.05, 4.69) is 9.97 Å². The fourth-order valence-electron chi connectivity index (χ4n) is 2.25. The van der Waals surface area contributed by atoms with Crippen LogP contribution < -0.4 is 18.9 Å². The molecule has 0 amide bonds. The van der Waals surface area contributed by atoms with Crippen LogP contribution in [0.1, 0.15) is 0 Å². The molecule has 0 fully saturated rings. The van der Waals surface area contributed by atoms with Crippen LogP contribution in [-0.4, -0.2) is 36.4 Å². The summed E-state index contributed by atoms with van der Waals surface area (Å²) in [7, 11) is 0. The molecule has 6 heteroatoms. The molecule has 0 bridgehead atoms. The third-order valence-electron chi connectivity index (χ3n) is 3.13. The molecule has 4 rings (SSSR count). The van der Waals surface area contributed by atoms with Gasteiger partial charge in [0.2, 0.25) is 0 Å². The number of fused-ring (bicyclic) bond motifs is 2. The number of pyridine rings is 2. The van der Waals surface area contributed by atoms with Crippen molar-refractivity contribution in [3.8, 4) is 34.4 Å². The number of rotatable bonds is 1. The second-order valence-electron chi connectivity index (χ2n) is 4.41. The summed E-state index contributed by atoms with van der Waals surface area (Å²) in [6, 6.07) is 3.66. The molecular weight excluding hydrogens is 260 g/mol. The molecule has 2 aromatic heterocycles. The average Bonchev–Trinajstić information content (AvgIpc) is 2.54. The molecule has 2 aromatic rings. The fourth-order valence-corrected chi connectivity index (χ4v) is 2.25. The van der Waals surface area contributed by atoms with E-state index in [1.807, 2.05) is 6.07 Å². The number of hydrogen-bond donors (Lipinski definition) is 0. The lowest BCUT2D eigenvalue weighted by Crippen LogP contribution is -2.17. The van der Waals surface area contributed by atoms with Crippen molar-refractivity contribution in [3.63, 3.8) is 0 Å². The highest BCUT2D eigenvalue weighted by atomic mass is 16.6. The maximum absolute atomic E-state index is 5.67. The van der Waals surface area contributed by atoms with Gasteiger partial charge in [-0.2, -0.15) is 0 Å². The SMILES string of the molecule is c1cc2c(c(-c3cnc4c(c3)OCCO4)n1)OCCO2. The zero-order valence-corrected chi connectivity index (χ0v) is 10.7. The van der Waals surface area contributed by atoms with E-state index in [0.29, 0.717) is 55.2 Å². The van der Waals surface area contributed by atoms with Crippen molar-refractivity contribution in [2.45, 2.75) is 0 Å². The normalized spacial score (nSPS) is 15.8. The molecule has 0 N–H and O–H groups in total. The predicted molar refractivity (Wildman–Crippen MR) is 69.4 cm³/mol. The Bertz CT molecular complexity index is 660. The summed E-state index contributed by atoms with van der Waals surface area (Å²) in [6.45, 7) is 2.12. The Labute approximate surface area is 115 Å². The van der Waals surface area contributed by atoms with Crippen molar-refractivity contribution in [1.29, 1.82) is 0 Å². The van der Waals surface area contributed by atoms with E-state index in [1.54, 1.807) is 18.5 Å². The van der Waals surface area contributed by atoms with E-state index in [4.69, 9.17) is 18.9 Å². The highest BCUT2D eigenvalue weighted by Crippen LogP contribution is 2.40. The largest absolute Gasteiger partial charge is 0.486 e. The van der Waals surface area contributed by atoms with E-state index in [0.717, 1.165) is 5.56 Å². The summed E-state index contributed by atoms with van der Waals surface area (Å²) in [6.07, 6.45) is 3.40. The van der Waals surface area contributed by atoms with Gasteiger partial charge >= 0.3 is 0 Å². The molecule has 102 valence electrons. The Morgan fingerprint density at radius 2 is 1.65 bits per heavy atom. The summed E-state index contributed by atoms with van der Waals surface area (Å²) in [4.78, 5) is 8.63. The predicted octanol–water partition coefficient (Wildman–Crippen LogP) is 1.69. The van der Waals surface area contributed by atoms with Crippen LogP contribution in [-0.2, 0) is 0 Å². The van der Waals surface area contributed by atoms with Gasteiger partial charge in [-0.25, -0.2) is 4.98 Å². The first-order chi connectivity index (χ1) is 9.92. The summed E-state index contributed by atoms with van der Waals surface area (Å²) in [5.74, 6) is 2.50. The minimum Gasteiger partial charge on any atom is -0.486 e. The van der Waals surface area contributed by atoms with Crippen molar-refractivity contribution >= 4 is 0 Å². The van der Waals surface area contributed by atoms with Gasteiger partial charge in [-0.05, 0) is 6.07 Å². The lowest BCUT2D eigenvalue weighted by molar-refractivity contribution is 0.164. The summed E-state index contributed by atoms with van der Waals surface area (Å²) in [5, 5.41) is 0. The minimum atomic E-state index is 0.516. The number of nitrogens with zero attached hydrogens (tertiary/aromatic N) is 2. The van der Waals surface area contributed by atoms with Crippen molar-refractivity contribution < 1.29 is 18.9 Å². The van der Waals surface area contributed by atoms with Crippen LogP contribution in [0.2, 0.25) is 0 Å². The van der Waals surface area contributed by atoms with Crippen LogP contribution in [0.3, 0.4) is 0 Å². The summed E-state index contributed by atoms with van der Waals surface area (Å²) < 4.78 is 22.2. The first kappa shape index (κ1) is 11.3. The zero-order chi connectivity index (χ0) is 13.4. The molecular formula is C14H12N2O4. The molecule has 0 aromatic carbocycles. The molecule has 0 saturated carbocycles. The van der Waals surface area contributed by atoms with Crippen LogP contribution >= 0.6 is 0 Å². The third kappa shape index (κ3) is 1.80. The van der Waals surface area contributed by atoms with Crippen LogP contribution in [0.25, 0.3) is 11.3 Å². The van der Waals surface area contributed by atoms with Gasteiger partial charge in [0.1, 0.15) is 32.1 Å². The molecule has 0 unspecified atom stereocenters. The van der Waals surface area contributed by atoms with Crippen molar-refractivity contribution in [2.75, 3.05) is 26.4 Å². The first-order valence-electron chi connectivity index (χ1n) is 6.42. The average molecular weight is 272 g/mol. The minimum absolute atomic E-state index is 0.516. The van der Waals surface area contributed by atoms with Gasteiger partial charge in [0, 0.05) is 24.0 Å². The molecule has 0 spiro atoms. The van der Waals surface area contributed by atoms with Gasteiger partial charge in [-0.3, -0.25) is 4.98 Å². The second kappa shape index (κ2) is 4.56. The van der Waals surface area contributed by atoms with E-state index in [-0.39, 0.29) is 0 Å². The van der Waals surface area contributed by atoms with Crippen LogP contribution in [0, 0.1) is 0 Å².